The van der Waals surface area contributed by atoms with Gasteiger partial charge in [0.25, 0.3) is 5.78 Å². The van der Waals surface area contributed by atoms with Gasteiger partial charge in [-0.05, 0) is 24.5 Å². The molecule has 0 heterocycles. The van der Waals surface area contributed by atoms with E-state index in [1.807, 2.05) is 6.92 Å². The molecule has 0 saturated heterocycles. The minimum Gasteiger partial charge on any atom is -0.475 e. The molecule has 0 amide bonds. The Morgan fingerprint density at radius 2 is 2.00 bits per heavy atom. The third-order valence-corrected chi connectivity index (χ3v) is 2.66. The van der Waals surface area contributed by atoms with E-state index < -0.39 is 11.8 Å². The number of aryl methyl sites for hydroxylation is 2. The third kappa shape index (κ3) is 2.18. The second kappa shape index (κ2) is 4.45. The molecule has 3 nitrogen and oxygen atoms in total. The normalized spacial score (nSPS) is 10.1. The summed E-state index contributed by atoms with van der Waals surface area (Å²) < 4.78 is 0. The zero-order valence-corrected chi connectivity index (χ0v) is 9.26. The predicted molar refractivity (Wildman–Crippen MR) is 57.5 cm³/mol. The topological polar surface area (TPSA) is 54.4 Å². The number of rotatable bonds is 3. The van der Waals surface area contributed by atoms with Crippen LogP contribution in [0.3, 0.4) is 0 Å². The number of hydrogen-bond donors (Lipinski definition) is 1. The average molecular weight is 227 g/mol. The van der Waals surface area contributed by atoms with Gasteiger partial charge in [-0.1, -0.05) is 30.7 Å². The molecule has 15 heavy (non-hydrogen) atoms. The van der Waals surface area contributed by atoms with Crippen molar-refractivity contribution in [2.75, 3.05) is 0 Å². The first-order valence-electron chi connectivity index (χ1n) is 4.54. The van der Waals surface area contributed by atoms with E-state index in [0.29, 0.717) is 12.0 Å². The Kier molecular flexibility index (Phi) is 3.48. The van der Waals surface area contributed by atoms with Crippen LogP contribution in [0.15, 0.2) is 12.1 Å². The van der Waals surface area contributed by atoms with Gasteiger partial charge in [0.1, 0.15) is 0 Å². The summed E-state index contributed by atoms with van der Waals surface area (Å²) in [4.78, 5) is 22.0. The molecule has 1 aromatic carbocycles. The number of carbonyl (C=O) groups excluding carboxylic acids is 1. The zero-order valence-electron chi connectivity index (χ0n) is 8.50. The van der Waals surface area contributed by atoms with Crippen LogP contribution >= 0.6 is 11.6 Å². The number of benzene rings is 1. The maximum absolute atomic E-state index is 11.4. The monoisotopic (exact) mass is 226 g/mol. The van der Waals surface area contributed by atoms with Crippen LogP contribution in [0, 0.1) is 6.92 Å². The van der Waals surface area contributed by atoms with Crippen molar-refractivity contribution >= 4 is 23.4 Å². The fourth-order valence-electron chi connectivity index (χ4n) is 1.37. The lowest BCUT2D eigenvalue weighted by atomic mass is 10.00. The number of Topliss-reactive ketones (excluding diaryl/α,β-unsaturated/α-hetero) is 1. The first-order chi connectivity index (χ1) is 6.99. The Balaban J connectivity index is 3.39. The molecule has 0 aliphatic rings. The van der Waals surface area contributed by atoms with Gasteiger partial charge in [-0.15, -0.1) is 0 Å². The number of hydrogen-bond acceptors (Lipinski definition) is 2. The quantitative estimate of drug-likeness (QED) is 0.636. The van der Waals surface area contributed by atoms with E-state index in [-0.39, 0.29) is 10.6 Å². The maximum Gasteiger partial charge on any atom is 0.377 e. The van der Waals surface area contributed by atoms with Gasteiger partial charge in [0.05, 0.1) is 10.6 Å². The Hall–Kier alpha value is -1.35. The van der Waals surface area contributed by atoms with E-state index in [1.165, 1.54) is 0 Å². The molecule has 4 heteroatoms. The lowest BCUT2D eigenvalue weighted by molar-refractivity contribution is -0.131. The summed E-state index contributed by atoms with van der Waals surface area (Å²) in [6, 6.07) is 3.51. The molecule has 0 saturated carbocycles. The summed E-state index contributed by atoms with van der Waals surface area (Å²) in [6.45, 7) is 3.56. The second-order valence-electron chi connectivity index (χ2n) is 3.22. The molecule has 1 rings (SSSR count). The zero-order chi connectivity index (χ0) is 11.6. The van der Waals surface area contributed by atoms with Gasteiger partial charge in [-0.2, -0.15) is 0 Å². The van der Waals surface area contributed by atoms with E-state index in [4.69, 9.17) is 16.7 Å². The molecule has 0 atom stereocenters. The number of aliphatic carboxylic acids is 1. The molecule has 0 spiro atoms. The molecule has 0 radical (unpaired) electrons. The molecule has 0 aliphatic heterocycles. The largest absolute Gasteiger partial charge is 0.475 e. The average Bonchev–Trinajstić information content (AvgIpc) is 2.17. The van der Waals surface area contributed by atoms with Crippen LogP contribution in [-0.4, -0.2) is 16.9 Å². The first kappa shape index (κ1) is 11.7. The van der Waals surface area contributed by atoms with Crippen molar-refractivity contribution in [2.45, 2.75) is 20.3 Å². The number of carboxylic acids is 1. The minimum atomic E-state index is -1.48. The molecular weight excluding hydrogens is 216 g/mol. The number of halogens is 1. The van der Waals surface area contributed by atoms with Crippen LogP contribution in [-0.2, 0) is 11.2 Å². The summed E-state index contributed by atoms with van der Waals surface area (Å²) in [7, 11) is 0. The Morgan fingerprint density at radius 3 is 2.47 bits per heavy atom. The van der Waals surface area contributed by atoms with Crippen LogP contribution < -0.4 is 0 Å². The van der Waals surface area contributed by atoms with E-state index >= 15 is 0 Å². The lowest BCUT2D eigenvalue weighted by Gasteiger charge is -2.08. The molecule has 0 fully saturated rings. The Morgan fingerprint density at radius 1 is 1.40 bits per heavy atom. The van der Waals surface area contributed by atoms with E-state index in [9.17, 15) is 9.59 Å². The Labute approximate surface area is 92.7 Å². The predicted octanol–water partition coefficient (Wildman–Crippen LogP) is 2.48. The van der Waals surface area contributed by atoms with Crippen molar-refractivity contribution in [3.8, 4) is 0 Å². The SMILES string of the molecule is CCc1ccc(C)c(C(=O)C(=O)O)c1Cl. The van der Waals surface area contributed by atoms with E-state index in [2.05, 4.69) is 0 Å². The standard InChI is InChI=1S/C11H11ClO3/c1-3-7-5-4-6(2)8(9(7)12)10(13)11(14)15/h4-5H,3H2,1-2H3,(H,14,15). The smallest absolute Gasteiger partial charge is 0.377 e. The fraction of sp³-hybridized carbons (Fsp3) is 0.273. The van der Waals surface area contributed by atoms with E-state index in [1.54, 1.807) is 19.1 Å². The maximum atomic E-state index is 11.4. The highest BCUT2D eigenvalue weighted by atomic mass is 35.5. The summed E-state index contributed by atoms with van der Waals surface area (Å²) >= 11 is 5.97. The number of ketones is 1. The lowest BCUT2D eigenvalue weighted by Crippen LogP contribution is -2.15. The molecule has 1 N–H and O–H groups in total. The van der Waals surface area contributed by atoms with Gasteiger partial charge in [0.15, 0.2) is 0 Å². The van der Waals surface area contributed by atoms with Gasteiger partial charge in [-0.25, -0.2) is 4.79 Å². The second-order valence-corrected chi connectivity index (χ2v) is 3.60. The first-order valence-corrected chi connectivity index (χ1v) is 4.92. The highest BCUT2D eigenvalue weighted by molar-refractivity contribution is 6.45. The van der Waals surface area contributed by atoms with Crippen LogP contribution in [0.1, 0.15) is 28.4 Å². The summed E-state index contributed by atoms with van der Waals surface area (Å²) in [6.07, 6.45) is 0.666. The van der Waals surface area contributed by atoms with Crippen molar-refractivity contribution < 1.29 is 14.7 Å². The molecule has 0 aliphatic carbocycles. The molecule has 80 valence electrons. The van der Waals surface area contributed by atoms with Crippen molar-refractivity contribution in [3.63, 3.8) is 0 Å². The molecule has 0 unspecified atom stereocenters. The fourth-order valence-corrected chi connectivity index (χ4v) is 1.81. The Bertz CT molecular complexity index is 424. The summed E-state index contributed by atoms with van der Waals surface area (Å²) in [5.41, 5.74) is 1.47. The molecular formula is C11H11ClO3. The minimum absolute atomic E-state index is 0.100. The summed E-state index contributed by atoms with van der Waals surface area (Å²) in [5, 5.41) is 8.89. The highest BCUT2D eigenvalue weighted by Gasteiger charge is 2.21. The van der Waals surface area contributed by atoms with Crippen LogP contribution in [0.2, 0.25) is 5.02 Å². The van der Waals surface area contributed by atoms with Crippen molar-refractivity contribution in [1.29, 1.82) is 0 Å². The van der Waals surface area contributed by atoms with Gasteiger partial charge in [0.2, 0.25) is 0 Å². The molecule has 0 aromatic heterocycles. The van der Waals surface area contributed by atoms with Gasteiger partial charge in [-0.3, -0.25) is 4.79 Å². The van der Waals surface area contributed by atoms with Gasteiger partial charge < -0.3 is 5.11 Å². The van der Waals surface area contributed by atoms with Crippen LogP contribution in [0.5, 0.6) is 0 Å². The third-order valence-electron chi connectivity index (χ3n) is 2.23. The number of carboxylic acid groups (broad SMARTS) is 1. The van der Waals surface area contributed by atoms with Crippen LogP contribution in [0.4, 0.5) is 0 Å². The summed E-state index contributed by atoms with van der Waals surface area (Å²) in [5.74, 6) is -2.43. The van der Waals surface area contributed by atoms with Crippen molar-refractivity contribution in [2.24, 2.45) is 0 Å². The molecule has 0 bridgehead atoms. The van der Waals surface area contributed by atoms with Gasteiger partial charge >= 0.3 is 5.97 Å². The van der Waals surface area contributed by atoms with E-state index in [0.717, 1.165) is 5.56 Å². The van der Waals surface area contributed by atoms with Crippen LogP contribution in [0.25, 0.3) is 0 Å². The highest BCUT2D eigenvalue weighted by Crippen LogP contribution is 2.25. The molecule has 1 aromatic rings. The number of carbonyl (C=O) groups is 2. The van der Waals surface area contributed by atoms with Crippen molar-refractivity contribution in [3.05, 3.63) is 33.8 Å². The van der Waals surface area contributed by atoms with Crippen molar-refractivity contribution in [1.82, 2.24) is 0 Å². The van der Waals surface area contributed by atoms with Gasteiger partial charge in [0, 0.05) is 0 Å².